The van der Waals surface area contributed by atoms with E-state index in [0.717, 1.165) is 11.4 Å². The number of ether oxygens (including phenoxy) is 1. The summed E-state index contributed by atoms with van der Waals surface area (Å²) in [6, 6.07) is 3.56. The predicted octanol–water partition coefficient (Wildman–Crippen LogP) is 3.58. The van der Waals surface area contributed by atoms with Crippen molar-refractivity contribution in [3.8, 4) is 0 Å². The lowest BCUT2D eigenvalue weighted by molar-refractivity contribution is 0.0582. The van der Waals surface area contributed by atoms with E-state index in [4.69, 9.17) is 16.3 Å². The molecule has 1 heterocycles. The van der Waals surface area contributed by atoms with Gasteiger partial charge in [-0.1, -0.05) is 0 Å². The fourth-order valence-electron chi connectivity index (χ4n) is 1.44. The van der Waals surface area contributed by atoms with E-state index in [2.05, 4.69) is 4.98 Å². The molecular weight excluding hydrogens is 252 g/mol. The van der Waals surface area contributed by atoms with Gasteiger partial charge in [-0.2, -0.15) is 0 Å². The fourth-order valence-corrected chi connectivity index (χ4v) is 1.59. The molecule has 0 aliphatic rings. The highest BCUT2D eigenvalue weighted by Crippen LogP contribution is 2.19. The van der Waals surface area contributed by atoms with Crippen LogP contribution < -0.4 is 4.90 Å². The molecule has 100 valence electrons. The van der Waals surface area contributed by atoms with Gasteiger partial charge in [-0.05, 0) is 39.8 Å². The Kier molecular flexibility index (Phi) is 4.96. The molecule has 0 aromatic carbocycles. The third-order valence-corrected chi connectivity index (χ3v) is 2.45. The number of hydrogen-bond donors (Lipinski definition) is 0. The number of hydrogen-bond acceptors (Lipinski definition) is 3. The second kappa shape index (κ2) is 6.05. The number of pyridine rings is 1. The van der Waals surface area contributed by atoms with Crippen molar-refractivity contribution in [3.05, 3.63) is 24.0 Å². The number of halogens is 1. The second-order valence-electron chi connectivity index (χ2n) is 4.86. The first-order valence-corrected chi connectivity index (χ1v) is 6.42. The lowest BCUT2D eigenvalue weighted by atomic mass is 10.2. The van der Waals surface area contributed by atoms with Gasteiger partial charge in [0, 0.05) is 12.7 Å². The maximum Gasteiger partial charge on any atom is 0.414 e. The van der Waals surface area contributed by atoms with Crippen molar-refractivity contribution < 1.29 is 9.53 Å². The van der Waals surface area contributed by atoms with Gasteiger partial charge in [0.25, 0.3) is 0 Å². The van der Waals surface area contributed by atoms with Gasteiger partial charge >= 0.3 is 6.09 Å². The average Bonchev–Trinajstić information content (AvgIpc) is 2.28. The predicted molar refractivity (Wildman–Crippen MR) is 73.0 cm³/mol. The number of alkyl halides is 1. The van der Waals surface area contributed by atoms with Crippen LogP contribution >= 0.6 is 11.6 Å². The van der Waals surface area contributed by atoms with Crippen LogP contribution in [0.1, 0.15) is 33.4 Å². The number of aromatic nitrogens is 1. The van der Waals surface area contributed by atoms with E-state index in [9.17, 15) is 4.79 Å². The molecule has 0 radical (unpaired) electrons. The Bertz CT molecular complexity index is 416. The molecule has 0 N–H and O–H groups in total. The minimum absolute atomic E-state index is 0.319. The topological polar surface area (TPSA) is 42.4 Å². The SMILES string of the molecule is CCN(C(=O)OC(C)(C)C)c1ccnc(CCl)c1. The van der Waals surface area contributed by atoms with E-state index in [1.807, 2.05) is 27.7 Å². The van der Waals surface area contributed by atoms with E-state index in [0.29, 0.717) is 12.4 Å². The number of anilines is 1. The molecule has 0 bridgehead atoms. The monoisotopic (exact) mass is 270 g/mol. The standard InChI is InChI=1S/C13H19ClN2O2/c1-5-16(12(17)18-13(2,3)4)11-6-7-15-10(8-11)9-14/h6-8H,5,9H2,1-4H3. The van der Waals surface area contributed by atoms with E-state index in [-0.39, 0.29) is 6.09 Å². The van der Waals surface area contributed by atoms with Gasteiger partial charge in [-0.15, -0.1) is 11.6 Å². The Labute approximate surface area is 113 Å². The fraction of sp³-hybridized carbons (Fsp3) is 0.538. The van der Waals surface area contributed by atoms with E-state index in [1.165, 1.54) is 0 Å². The van der Waals surface area contributed by atoms with Gasteiger partial charge in [-0.25, -0.2) is 4.79 Å². The summed E-state index contributed by atoms with van der Waals surface area (Å²) in [4.78, 5) is 17.7. The Morgan fingerprint density at radius 2 is 2.17 bits per heavy atom. The summed E-state index contributed by atoms with van der Waals surface area (Å²) < 4.78 is 5.35. The van der Waals surface area contributed by atoms with Crippen LogP contribution in [0.15, 0.2) is 18.3 Å². The lowest BCUT2D eigenvalue weighted by Crippen LogP contribution is -2.36. The van der Waals surface area contributed by atoms with Crippen molar-refractivity contribution in [2.24, 2.45) is 0 Å². The Balaban J connectivity index is 2.91. The van der Waals surface area contributed by atoms with Gasteiger partial charge in [-0.3, -0.25) is 9.88 Å². The lowest BCUT2D eigenvalue weighted by Gasteiger charge is -2.26. The molecule has 4 nitrogen and oxygen atoms in total. The third-order valence-electron chi connectivity index (χ3n) is 2.18. The van der Waals surface area contributed by atoms with Crippen molar-refractivity contribution in [1.29, 1.82) is 0 Å². The summed E-state index contributed by atoms with van der Waals surface area (Å²) in [6.07, 6.45) is 1.27. The van der Waals surface area contributed by atoms with Crippen LogP contribution in [0.3, 0.4) is 0 Å². The molecule has 1 rings (SSSR count). The summed E-state index contributed by atoms with van der Waals surface area (Å²) in [7, 11) is 0. The highest BCUT2D eigenvalue weighted by molar-refractivity contribution is 6.16. The average molecular weight is 271 g/mol. The molecule has 1 aromatic rings. The summed E-state index contributed by atoms with van der Waals surface area (Å²) in [5.41, 5.74) is 0.973. The summed E-state index contributed by atoms with van der Waals surface area (Å²) in [5, 5.41) is 0. The molecule has 0 unspecified atom stereocenters. The van der Waals surface area contributed by atoms with Crippen LogP contribution in [0.25, 0.3) is 0 Å². The van der Waals surface area contributed by atoms with Crippen molar-refractivity contribution >= 4 is 23.4 Å². The third kappa shape index (κ3) is 4.18. The molecule has 0 fully saturated rings. The molecule has 0 saturated heterocycles. The van der Waals surface area contributed by atoms with E-state index in [1.54, 1.807) is 23.2 Å². The molecule has 0 spiro atoms. The van der Waals surface area contributed by atoms with Gasteiger partial charge in [0.15, 0.2) is 0 Å². The molecule has 5 heteroatoms. The first kappa shape index (κ1) is 14.8. The highest BCUT2D eigenvalue weighted by Gasteiger charge is 2.22. The zero-order valence-corrected chi connectivity index (χ0v) is 12.0. The molecule has 18 heavy (non-hydrogen) atoms. The molecule has 0 aliphatic carbocycles. The van der Waals surface area contributed by atoms with Gasteiger partial charge < -0.3 is 4.74 Å². The molecule has 0 saturated carbocycles. The van der Waals surface area contributed by atoms with Crippen LogP contribution in [0.2, 0.25) is 0 Å². The molecular formula is C13H19ClN2O2. The van der Waals surface area contributed by atoms with Crippen LogP contribution in [-0.4, -0.2) is 23.2 Å². The quantitative estimate of drug-likeness (QED) is 0.789. The smallest absolute Gasteiger partial charge is 0.414 e. The zero-order chi connectivity index (χ0) is 13.8. The number of carbonyl (C=O) groups is 1. The van der Waals surface area contributed by atoms with E-state index >= 15 is 0 Å². The maximum atomic E-state index is 12.0. The summed E-state index contributed by atoms with van der Waals surface area (Å²) in [6.45, 7) is 7.95. The Morgan fingerprint density at radius 1 is 1.50 bits per heavy atom. The van der Waals surface area contributed by atoms with E-state index < -0.39 is 5.60 Å². The minimum atomic E-state index is -0.507. The Morgan fingerprint density at radius 3 is 2.67 bits per heavy atom. The van der Waals surface area contributed by atoms with Crippen molar-refractivity contribution in [2.75, 3.05) is 11.4 Å². The zero-order valence-electron chi connectivity index (χ0n) is 11.2. The normalized spacial score (nSPS) is 11.2. The molecule has 1 aromatic heterocycles. The van der Waals surface area contributed by atoms with Gasteiger partial charge in [0.05, 0.1) is 17.3 Å². The van der Waals surface area contributed by atoms with Crippen LogP contribution in [0.4, 0.5) is 10.5 Å². The first-order valence-electron chi connectivity index (χ1n) is 5.88. The van der Waals surface area contributed by atoms with Crippen LogP contribution in [0, 0.1) is 0 Å². The van der Waals surface area contributed by atoms with Crippen molar-refractivity contribution in [1.82, 2.24) is 4.98 Å². The van der Waals surface area contributed by atoms with Crippen LogP contribution in [-0.2, 0) is 10.6 Å². The molecule has 1 amide bonds. The number of nitrogens with zero attached hydrogens (tertiary/aromatic N) is 2. The van der Waals surface area contributed by atoms with Crippen molar-refractivity contribution in [2.45, 2.75) is 39.2 Å². The first-order chi connectivity index (χ1) is 8.37. The summed E-state index contributed by atoms with van der Waals surface area (Å²) in [5.74, 6) is 0.319. The number of rotatable bonds is 3. The Hall–Kier alpha value is -1.29. The summed E-state index contributed by atoms with van der Waals surface area (Å²) >= 11 is 5.74. The number of carbonyl (C=O) groups excluding carboxylic acids is 1. The molecule has 0 atom stereocenters. The van der Waals surface area contributed by atoms with Crippen LogP contribution in [0.5, 0.6) is 0 Å². The largest absolute Gasteiger partial charge is 0.443 e. The van der Waals surface area contributed by atoms with Gasteiger partial charge in [0.1, 0.15) is 5.60 Å². The molecule has 0 aliphatic heterocycles. The number of amides is 1. The second-order valence-corrected chi connectivity index (χ2v) is 5.13. The van der Waals surface area contributed by atoms with Gasteiger partial charge in [0.2, 0.25) is 0 Å². The maximum absolute atomic E-state index is 12.0. The minimum Gasteiger partial charge on any atom is -0.443 e. The van der Waals surface area contributed by atoms with Crippen molar-refractivity contribution in [3.63, 3.8) is 0 Å². The highest BCUT2D eigenvalue weighted by atomic mass is 35.5.